The molecule has 156 valence electrons. The molecule has 0 aliphatic heterocycles. The average molecular weight is 415 g/mol. The number of furan rings is 2. The van der Waals surface area contributed by atoms with E-state index in [1.807, 2.05) is 62.4 Å². The van der Waals surface area contributed by atoms with Crippen LogP contribution in [0.25, 0.3) is 0 Å². The van der Waals surface area contributed by atoms with Crippen LogP contribution in [-0.2, 0) is 0 Å². The predicted molar refractivity (Wildman–Crippen MR) is 114 cm³/mol. The highest BCUT2D eigenvalue weighted by Crippen LogP contribution is 2.35. The van der Waals surface area contributed by atoms with Crippen LogP contribution in [0.4, 0.5) is 11.4 Å². The largest absolute Gasteiger partial charge is 0.872 e. The van der Waals surface area contributed by atoms with Gasteiger partial charge in [-0.3, -0.25) is 15.1 Å². The summed E-state index contributed by atoms with van der Waals surface area (Å²) in [6.07, 6.45) is 1.34. The minimum absolute atomic E-state index is 0.151. The first-order chi connectivity index (χ1) is 14.9. The number of benzene rings is 2. The van der Waals surface area contributed by atoms with Gasteiger partial charge in [0.1, 0.15) is 29.0 Å². The molecule has 0 unspecified atom stereocenters. The Kier molecular flexibility index (Phi) is 5.41. The van der Waals surface area contributed by atoms with Gasteiger partial charge in [-0.15, -0.1) is 0 Å². The van der Waals surface area contributed by atoms with Crippen molar-refractivity contribution in [2.75, 3.05) is 0 Å². The van der Waals surface area contributed by atoms with E-state index in [1.165, 1.54) is 24.4 Å². The number of nitro groups is 1. The van der Waals surface area contributed by atoms with E-state index in [9.17, 15) is 15.2 Å². The Bertz CT molecular complexity index is 1210. The van der Waals surface area contributed by atoms with Gasteiger partial charge in [-0.25, -0.2) is 0 Å². The first-order valence-corrected chi connectivity index (χ1v) is 9.63. The van der Waals surface area contributed by atoms with Crippen LogP contribution in [0.3, 0.4) is 0 Å². The second kappa shape index (κ2) is 8.31. The summed E-state index contributed by atoms with van der Waals surface area (Å²) in [5.41, 5.74) is 1.58. The van der Waals surface area contributed by atoms with Gasteiger partial charge in [0.2, 0.25) is 0 Å². The summed E-state index contributed by atoms with van der Waals surface area (Å²) >= 11 is 0. The summed E-state index contributed by atoms with van der Waals surface area (Å²) in [5.74, 6) is 2.65. The maximum Gasteiger partial charge on any atom is 0.270 e. The molecule has 4 rings (SSSR count). The van der Waals surface area contributed by atoms with Crippen LogP contribution >= 0.6 is 0 Å². The fraction of sp³-hybridized carbons (Fsp3) is 0.125. The zero-order valence-corrected chi connectivity index (χ0v) is 16.9. The number of hydrogen-bond donors (Lipinski definition) is 0. The number of aryl methyl sites for hydroxylation is 2. The van der Waals surface area contributed by atoms with Crippen molar-refractivity contribution in [2.24, 2.45) is 4.99 Å². The van der Waals surface area contributed by atoms with Crippen molar-refractivity contribution < 1.29 is 18.9 Å². The minimum Gasteiger partial charge on any atom is -0.872 e. The van der Waals surface area contributed by atoms with E-state index < -0.39 is 4.92 Å². The summed E-state index contributed by atoms with van der Waals surface area (Å²) in [4.78, 5) is 14.7. The van der Waals surface area contributed by atoms with Gasteiger partial charge in [-0.2, -0.15) is 0 Å². The fourth-order valence-corrected chi connectivity index (χ4v) is 3.33. The van der Waals surface area contributed by atoms with Crippen molar-refractivity contribution >= 4 is 17.6 Å². The molecule has 0 N–H and O–H groups in total. The second-order valence-electron chi connectivity index (χ2n) is 7.16. The highest BCUT2D eigenvalue weighted by atomic mass is 16.6. The van der Waals surface area contributed by atoms with Crippen LogP contribution < -0.4 is 5.11 Å². The molecule has 0 saturated heterocycles. The summed E-state index contributed by atoms with van der Waals surface area (Å²) in [5, 5.41) is 22.9. The van der Waals surface area contributed by atoms with E-state index >= 15 is 0 Å². The lowest BCUT2D eigenvalue weighted by molar-refractivity contribution is -0.385. The molecule has 0 bridgehead atoms. The normalized spacial score (nSPS) is 11.5. The molecule has 0 saturated carbocycles. The van der Waals surface area contributed by atoms with Crippen LogP contribution in [0.1, 0.15) is 40.1 Å². The molecule has 31 heavy (non-hydrogen) atoms. The van der Waals surface area contributed by atoms with Crippen LogP contribution in [0.2, 0.25) is 0 Å². The lowest BCUT2D eigenvalue weighted by Gasteiger charge is -2.13. The van der Waals surface area contributed by atoms with Gasteiger partial charge < -0.3 is 13.9 Å². The van der Waals surface area contributed by atoms with Crippen LogP contribution in [0.15, 0.2) is 80.6 Å². The molecule has 0 radical (unpaired) electrons. The lowest BCUT2D eigenvalue weighted by atomic mass is 9.94. The van der Waals surface area contributed by atoms with Gasteiger partial charge in [0, 0.05) is 18.3 Å². The molecular weight excluding hydrogens is 396 g/mol. The van der Waals surface area contributed by atoms with Gasteiger partial charge >= 0.3 is 0 Å². The Hall–Kier alpha value is -4.13. The Balaban J connectivity index is 1.63. The summed E-state index contributed by atoms with van der Waals surface area (Å²) < 4.78 is 11.7. The lowest BCUT2D eigenvalue weighted by Crippen LogP contribution is -2.00. The molecule has 0 fully saturated rings. The first-order valence-electron chi connectivity index (χ1n) is 9.63. The van der Waals surface area contributed by atoms with Crippen molar-refractivity contribution in [1.82, 2.24) is 0 Å². The highest BCUT2D eigenvalue weighted by molar-refractivity contribution is 5.86. The highest BCUT2D eigenvalue weighted by Gasteiger charge is 2.23. The standard InChI is InChI=1S/C24H20N2O5/c1-15-3-11-22(30-15)24(23-12-4-16(2)31-23)17-5-7-19(8-6-17)25-14-18-13-20(26(28)29)9-10-21(18)27/h3-14,24,27H,1-2H3/p-1. The zero-order chi connectivity index (χ0) is 22.0. The van der Waals surface area contributed by atoms with Crippen molar-refractivity contribution in [3.63, 3.8) is 0 Å². The second-order valence-corrected chi connectivity index (χ2v) is 7.16. The van der Waals surface area contributed by atoms with E-state index in [1.54, 1.807) is 0 Å². The number of aliphatic imine (C=N–C) groups is 1. The topological polar surface area (TPSA) is 105 Å². The van der Waals surface area contributed by atoms with E-state index in [2.05, 4.69) is 4.99 Å². The van der Waals surface area contributed by atoms with E-state index in [0.717, 1.165) is 28.6 Å². The Labute approximate surface area is 178 Å². The summed E-state index contributed by atoms with van der Waals surface area (Å²) in [6.45, 7) is 3.79. The zero-order valence-electron chi connectivity index (χ0n) is 16.9. The Morgan fingerprint density at radius 2 is 1.52 bits per heavy atom. The van der Waals surface area contributed by atoms with E-state index in [-0.39, 0.29) is 22.9 Å². The molecule has 4 aromatic rings. The molecule has 2 aromatic carbocycles. The van der Waals surface area contributed by atoms with E-state index in [0.29, 0.717) is 5.69 Å². The van der Waals surface area contributed by atoms with Crippen LogP contribution in [0, 0.1) is 24.0 Å². The van der Waals surface area contributed by atoms with Crippen LogP contribution in [-0.4, -0.2) is 11.1 Å². The molecule has 2 aromatic heterocycles. The van der Waals surface area contributed by atoms with E-state index in [4.69, 9.17) is 8.83 Å². The summed E-state index contributed by atoms with van der Waals surface area (Å²) in [7, 11) is 0. The molecule has 0 spiro atoms. The SMILES string of the molecule is Cc1ccc(C(c2ccc(N=Cc3cc([N+](=O)[O-])ccc3[O-])cc2)c2ccc(C)o2)o1. The Morgan fingerprint density at radius 1 is 0.903 bits per heavy atom. The number of non-ortho nitro benzene ring substituents is 1. The number of nitro benzene ring substituents is 1. The van der Waals surface area contributed by atoms with Crippen molar-refractivity contribution in [3.05, 3.63) is 111 Å². The molecule has 7 nitrogen and oxygen atoms in total. The molecule has 0 atom stereocenters. The first kappa shape index (κ1) is 20.2. The predicted octanol–water partition coefficient (Wildman–Crippen LogP) is 5.40. The van der Waals surface area contributed by atoms with Crippen molar-refractivity contribution in [1.29, 1.82) is 0 Å². The van der Waals surface area contributed by atoms with Crippen molar-refractivity contribution in [3.8, 4) is 5.75 Å². The molecule has 7 heteroatoms. The van der Waals surface area contributed by atoms with Gasteiger partial charge in [0.15, 0.2) is 0 Å². The third kappa shape index (κ3) is 4.40. The molecule has 0 amide bonds. The summed E-state index contributed by atoms with van der Waals surface area (Å²) in [6, 6.07) is 18.7. The van der Waals surface area contributed by atoms with Gasteiger partial charge in [-0.05, 0) is 61.4 Å². The number of rotatable bonds is 6. The van der Waals surface area contributed by atoms with Gasteiger partial charge in [-0.1, -0.05) is 23.9 Å². The van der Waals surface area contributed by atoms with Gasteiger partial charge in [0.05, 0.1) is 10.6 Å². The minimum atomic E-state index is -0.543. The number of nitrogens with zero attached hydrogens (tertiary/aromatic N) is 2. The molecule has 2 heterocycles. The third-order valence-corrected chi connectivity index (χ3v) is 4.87. The quantitative estimate of drug-likeness (QED) is 0.238. The van der Waals surface area contributed by atoms with Gasteiger partial charge in [0.25, 0.3) is 5.69 Å². The maximum absolute atomic E-state index is 11.9. The molecule has 0 aliphatic carbocycles. The van der Waals surface area contributed by atoms with Crippen molar-refractivity contribution in [2.45, 2.75) is 19.8 Å². The monoisotopic (exact) mass is 415 g/mol. The molecule has 0 aliphatic rings. The Morgan fingerprint density at radius 3 is 2.03 bits per heavy atom. The number of hydrogen-bond acceptors (Lipinski definition) is 6. The third-order valence-electron chi connectivity index (χ3n) is 4.87. The van der Waals surface area contributed by atoms with Crippen LogP contribution in [0.5, 0.6) is 5.75 Å². The fourth-order valence-electron chi connectivity index (χ4n) is 3.33. The maximum atomic E-state index is 11.9. The average Bonchev–Trinajstić information content (AvgIpc) is 3.37. The molecular formula is C24H19N2O5-. The smallest absolute Gasteiger partial charge is 0.270 e.